The molecular weight excluding hydrogens is 378 g/mol. The summed E-state index contributed by atoms with van der Waals surface area (Å²) in [4.78, 5) is 12.7. The van der Waals surface area contributed by atoms with Gasteiger partial charge in [0, 0.05) is 0 Å². The molecule has 0 aliphatic carbocycles. The van der Waals surface area contributed by atoms with Crippen LogP contribution < -0.4 is 14.8 Å². The van der Waals surface area contributed by atoms with Gasteiger partial charge in [-0.3, -0.25) is 10.1 Å². The van der Waals surface area contributed by atoms with Gasteiger partial charge < -0.3 is 9.47 Å². The van der Waals surface area contributed by atoms with Crippen LogP contribution in [0.3, 0.4) is 0 Å². The normalized spacial score (nSPS) is 16.3. The zero-order valence-electron chi connectivity index (χ0n) is 14.2. The number of carbonyl (C=O) groups is 1. The zero-order valence-corrected chi connectivity index (χ0v) is 16.6. The highest BCUT2D eigenvalue weighted by Crippen LogP contribution is 2.50. The molecule has 1 amide bonds. The summed E-state index contributed by atoms with van der Waals surface area (Å²) in [5, 5.41) is 12.6. The second kappa shape index (κ2) is 7.84. The highest BCUT2D eigenvalue weighted by molar-refractivity contribution is 8.18. The van der Waals surface area contributed by atoms with Gasteiger partial charge in [-0.25, -0.2) is 0 Å². The fourth-order valence-corrected chi connectivity index (χ4v) is 6.43. The van der Waals surface area contributed by atoms with E-state index in [1.807, 2.05) is 23.5 Å². The van der Waals surface area contributed by atoms with Gasteiger partial charge in [-0.2, -0.15) is 0 Å². The molecule has 2 heterocycles. The van der Waals surface area contributed by atoms with E-state index in [4.69, 9.17) is 9.47 Å². The van der Waals surface area contributed by atoms with Gasteiger partial charge >= 0.3 is 0 Å². The number of thioether (sulfide) groups is 2. The third kappa shape index (κ3) is 3.88. The molecule has 1 aromatic carbocycles. The molecule has 25 heavy (non-hydrogen) atoms. The van der Waals surface area contributed by atoms with E-state index in [0.717, 1.165) is 16.5 Å². The monoisotopic (exact) mass is 397 g/mol. The van der Waals surface area contributed by atoms with Crippen LogP contribution in [0.4, 0.5) is 5.13 Å². The third-order valence-corrected chi connectivity index (χ3v) is 8.23. The van der Waals surface area contributed by atoms with Crippen LogP contribution >= 0.6 is 34.9 Å². The number of amides is 1. The third-order valence-electron chi connectivity index (χ3n) is 3.73. The lowest BCUT2D eigenvalue weighted by Crippen LogP contribution is -2.18. The summed E-state index contributed by atoms with van der Waals surface area (Å²) in [7, 11) is 3.04. The molecule has 1 aromatic heterocycles. The lowest BCUT2D eigenvalue weighted by Gasteiger charge is -2.29. The molecule has 0 unspecified atom stereocenters. The second-order valence-electron chi connectivity index (χ2n) is 5.40. The number of aromatic nitrogens is 2. The summed E-state index contributed by atoms with van der Waals surface area (Å²) in [5.74, 6) is 2.80. The molecule has 0 radical (unpaired) electrons. The van der Waals surface area contributed by atoms with Crippen molar-refractivity contribution < 1.29 is 14.3 Å². The molecule has 9 heteroatoms. The molecule has 0 saturated carbocycles. The summed E-state index contributed by atoms with van der Waals surface area (Å²) in [6.45, 7) is 2.16. The van der Waals surface area contributed by atoms with Crippen LogP contribution in [0.2, 0.25) is 0 Å². The number of hydrogen-bond acceptors (Lipinski definition) is 8. The standard InChI is InChI=1S/C16H19N3O3S3/c1-16(23-8-5-9-24-16)14-18-19-15(25-14)17-13(20)12-10(21-2)6-4-7-11(12)22-3/h4,6-7H,5,8-9H2,1-3H3,(H,17,19,20). The SMILES string of the molecule is COc1cccc(OC)c1C(=O)Nc1nnc(C2(C)SCCCS2)s1. The zero-order chi connectivity index (χ0) is 17.9. The molecule has 0 bridgehead atoms. The second-order valence-corrected chi connectivity index (χ2v) is 9.66. The fraction of sp³-hybridized carbons (Fsp3) is 0.438. The van der Waals surface area contributed by atoms with Crippen molar-refractivity contribution in [3.05, 3.63) is 28.8 Å². The van der Waals surface area contributed by atoms with Crippen LogP contribution in [0.25, 0.3) is 0 Å². The number of carbonyl (C=O) groups excluding carboxylic acids is 1. The maximum atomic E-state index is 12.7. The van der Waals surface area contributed by atoms with Crippen molar-refractivity contribution in [3.63, 3.8) is 0 Å². The predicted molar refractivity (Wildman–Crippen MR) is 104 cm³/mol. The van der Waals surface area contributed by atoms with Crippen molar-refractivity contribution in [2.45, 2.75) is 17.4 Å². The minimum atomic E-state index is -0.328. The minimum absolute atomic E-state index is 0.0962. The summed E-state index contributed by atoms with van der Waals surface area (Å²) in [6.07, 6.45) is 1.21. The van der Waals surface area contributed by atoms with Crippen molar-refractivity contribution in [2.75, 3.05) is 31.0 Å². The lowest BCUT2D eigenvalue weighted by molar-refractivity contribution is 0.102. The van der Waals surface area contributed by atoms with Gasteiger partial charge in [0.15, 0.2) is 0 Å². The largest absolute Gasteiger partial charge is 0.496 e. The Morgan fingerprint density at radius 3 is 2.40 bits per heavy atom. The smallest absolute Gasteiger partial charge is 0.265 e. The van der Waals surface area contributed by atoms with E-state index >= 15 is 0 Å². The molecular formula is C16H19N3O3S3. The molecule has 0 atom stereocenters. The Kier molecular flexibility index (Phi) is 5.75. The first kappa shape index (κ1) is 18.3. The van der Waals surface area contributed by atoms with E-state index in [9.17, 15) is 4.79 Å². The highest BCUT2D eigenvalue weighted by Gasteiger charge is 2.34. The molecule has 134 valence electrons. The number of benzene rings is 1. The van der Waals surface area contributed by atoms with E-state index in [0.29, 0.717) is 22.2 Å². The van der Waals surface area contributed by atoms with E-state index in [2.05, 4.69) is 22.4 Å². The average molecular weight is 398 g/mol. The van der Waals surface area contributed by atoms with E-state index in [1.54, 1.807) is 18.2 Å². The molecule has 1 saturated heterocycles. The Labute approximate surface area is 159 Å². The Morgan fingerprint density at radius 1 is 1.16 bits per heavy atom. The van der Waals surface area contributed by atoms with Gasteiger partial charge in [-0.05, 0) is 37.0 Å². The Morgan fingerprint density at radius 2 is 1.80 bits per heavy atom. The number of rotatable bonds is 5. The average Bonchev–Trinajstić information content (AvgIpc) is 3.10. The Bertz CT molecular complexity index is 738. The molecule has 2 aromatic rings. The van der Waals surface area contributed by atoms with E-state index in [1.165, 1.54) is 32.0 Å². The van der Waals surface area contributed by atoms with Crippen LogP contribution in [-0.2, 0) is 4.08 Å². The summed E-state index contributed by atoms with van der Waals surface area (Å²) in [5.41, 5.74) is 0.344. The highest BCUT2D eigenvalue weighted by atomic mass is 32.2. The number of nitrogens with zero attached hydrogens (tertiary/aromatic N) is 2. The van der Waals surface area contributed by atoms with Gasteiger partial charge in [0.05, 0.1) is 14.2 Å². The number of hydrogen-bond donors (Lipinski definition) is 1. The van der Waals surface area contributed by atoms with Crippen LogP contribution in [0.1, 0.15) is 28.7 Å². The van der Waals surface area contributed by atoms with Gasteiger partial charge in [0.25, 0.3) is 5.91 Å². The minimum Gasteiger partial charge on any atom is -0.496 e. The molecule has 6 nitrogen and oxygen atoms in total. The first-order valence-corrected chi connectivity index (χ1v) is 10.5. The number of anilines is 1. The van der Waals surface area contributed by atoms with Crippen molar-refractivity contribution in [1.82, 2.24) is 10.2 Å². The number of ether oxygens (including phenoxy) is 2. The Balaban J connectivity index is 1.81. The summed E-state index contributed by atoms with van der Waals surface area (Å²) in [6, 6.07) is 5.22. The van der Waals surface area contributed by atoms with Crippen molar-refractivity contribution in [2.24, 2.45) is 0 Å². The number of methoxy groups -OCH3 is 2. The molecule has 1 N–H and O–H groups in total. The molecule has 1 aliphatic heterocycles. The van der Waals surface area contributed by atoms with E-state index in [-0.39, 0.29) is 9.99 Å². The van der Waals surface area contributed by atoms with E-state index < -0.39 is 0 Å². The van der Waals surface area contributed by atoms with Crippen LogP contribution in [0.15, 0.2) is 18.2 Å². The summed E-state index contributed by atoms with van der Waals surface area (Å²) < 4.78 is 10.5. The molecule has 1 aliphatic rings. The quantitative estimate of drug-likeness (QED) is 0.821. The van der Waals surface area contributed by atoms with Gasteiger partial charge in [0.1, 0.15) is 26.1 Å². The van der Waals surface area contributed by atoms with Crippen molar-refractivity contribution in [1.29, 1.82) is 0 Å². The number of nitrogens with one attached hydrogen (secondary N) is 1. The Hall–Kier alpha value is -1.45. The summed E-state index contributed by atoms with van der Waals surface area (Å²) >= 11 is 5.17. The molecule has 0 spiro atoms. The predicted octanol–water partition coefficient (Wildman–Crippen LogP) is 3.85. The van der Waals surface area contributed by atoms with Gasteiger partial charge in [-0.1, -0.05) is 17.4 Å². The first-order valence-electron chi connectivity index (χ1n) is 7.71. The van der Waals surface area contributed by atoms with Crippen LogP contribution in [0.5, 0.6) is 11.5 Å². The maximum absolute atomic E-state index is 12.7. The van der Waals surface area contributed by atoms with Gasteiger partial charge in [0.2, 0.25) is 5.13 Å². The molecule has 3 rings (SSSR count). The van der Waals surface area contributed by atoms with Crippen LogP contribution in [-0.4, -0.2) is 41.8 Å². The topological polar surface area (TPSA) is 73.3 Å². The molecule has 1 fully saturated rings. The lowest BCUT2D eigenvalue weighted by atomic mass is 10.1. The maximum Gasteiger partial charge on any atom is 0.265 e. The van der Waals surface area contributed by atoms with Gasteiger partial charge in [-0.15, -0.1) is 33.7 Å². The van der Waals surface area contributed by atoms with Crippen LogP contribution in [0, 0.1) is 0 Å². The van der Waals surface area contributed by atoms with Crippen molar-refractivity contribution >= 4 is 45.9 Å². The first-order chi connectivity index (χ1) is 12.1. The fourth-order valence-electron chi connectivity index (χ4n) is 2.45. The van der Waals surface area contributed by atoms with Crippen molar-refractivity contribution in [3.8, 4) is 11.5 Å².